The van der Waals surface area contributed by atoms with Crippen molar-refractivity contribution in [3.63, 3.8) is 0 Å². The Labute approximate surface area is 195 Å². The summed E-state index contributed by atoms with van der Waals surface area (Å²) < 4.78 is 1.78. The fraction of sp³-hybridized carbons (Fsp3) is 0.160. The summed E-state index contributed by atoms with van der Waals surface area (Å²) in [6.07, 6.45) is 0. The third-order valence-corrected chi connectivity index (χ3v) is 6.17. The molecule has 1 fully saturated rings. The van der Waals surface area contributed by atoms with Crippen LogP contribution in [0.4, 0.5) is 4.79 Å². The van der Waals surface area contributed by atoms with E-state index in [1.807, 2.05) is 60.7 Å². The molecule has 2 heterocycles. The van der Waals surface area contributed by atoms with Gasteiger partial charge < -0.3 is 15.0 Å². The quantitative estimate of drug-likeness (QED) is 0.430. The molecule has 1 saturated heterocycles. The van der Waals surface area contributed by atoms with E-state index in [9.17, 15) is 14.7 Å². The van der Waals surface area contributed by atoms with Gasteiger partial charge in [0.2, 0.25) is 0 Å². The Morgan fingerprint density at radius 2 is 1.58 bits per heavy atom. The molecule has 3 amide bonds. The average Bonchev–Trinajstić information content (AvgIpc) is 3.30. The lowest BCUT2D eigenvalue weighted by molar-refractivity contribution is -0.130. The lowest BCUT2D eigenvalue weighted by Gasteiger charge is -2.28. The van der Waals surface area contributed by atoms with Crippen LogP contribution in [-0.4, -0.2) is 38.1 Å². The number of carbonyl (C=O) groups excluding carboxylic acids is 2. The number of nitrogens with one attached hydrogen (secondary N) is 1. The highest BCUT2D eigenvalue weighted by molar-refractivity contribution is 6.31. The van der Waals surface area contributed by atoms with Crippen molar-refractivity contribution in [2.45, 2.75) is 18.6 Å². The number of aliphatic hydroxyl groups is 1. The lowest BCUT2D eigenvalue weighted by atomic mass is 9.82. The Balaban J connectivity index is 1.59. The van der Waals surface area contributed by atoms with Crippen molar-refractivity contribution in [2.75, 3.05) is 6.61 Å². The number of hydrogen-bond acceptors (Lipinski definition) is 4. The van der Waals surface area contributed by atoms with E-state index in [1.54, 1.807) is 22.8 Å². The first-order valence-electron chi connectivity index (χ1n) is 10.6. The maximum Gasteiger partial charge on any atom is 0.325 e. The number of imide groups is 1. The van der Waals surface area contributed by atoms with Gasteiger partial charge in [-0.15, -0.1) is 0 Å². The first kappa shape index (κ1) is 21.2. The summed E-state index contributed by atoms with van der Waals surface area (Å²) in [5.74, 6) is 0.104. The topological polar surface area (TPSA) is 87.5 Å². The van der Waals surface area contributed by atoms with Gasteiger partial charge in [-0.1, -0.05) is 72.3 Å². The van der Waals surface area contributed by atoms with Crippen LogP contribution in [0, 0.1) is 0 Å². The van der Waals surface area contributed by atoms with E-state index in [0.29, 0.717) is 27.5 Å². The largest absolute Gasteiger partial charge is 0.395 e. The van der Waals surface area contributed by atoms with Crippen LogP contribution in [0.2, 0.25) is 5.02 Å². The number of benzene rings is 3. The number of aromatic nitrogens is 2. The summed E-state index contributed by atoms with van der Waals surface area (Å²) in [5, 5.41) is 13.1. The second-order valence-corrected chi connectivity index (χ2v) is 8.28. The Bertz CT molecular complexity index is 1300. The fourth-order valence-corrected chi connectivity index (χ4v) is 4.58. The van der Waals surface area contributed by atoms with E-state index < -0.39 is 11.6 Å². The molecule has 3 aromatic carbocycles. The molecule has 5 rings (SSSR count). The van der Waals surface area contributed by atoms with Crippen molar-refractivity contribution >= 4 is 34.6 Å². The standard InChI is InChI=1S/C25H21ClN4O3/c26-19-11-12-20-21(15-19)29(13-14-31)22(27-20)16-30-23(32)25(28-24(30)33,17-7-3-1-4-8-17)18-9-5-2-6-10-18/h1-12,15,31H,13-14,16H2,(H,28,33). The van der Waals surface area contributed by atoms with Crippen LogP contribution in [0.25, 0.3) is 11.0 Å². The molecule has 0 unspecified atom stereocenters. The van der Waals surface area contributed by atoms with Gasteiger partial charge in [0, 0.05) is 11.6 Å². The van der Waals surface area contributed by atoms with Gasteiger partial charge in [0.15, 0.2) is 5.54 Å². The summed E-state index contributed by atoms with van der Waals surface area (Å²) in [6, 6.07) is 23.2. The summed E-state index contributed by atoms with van der Waals surface area (Å²) in [4.78, 5) is 32.9. The zero-order valence-electron chi connectivity index (χ0n) is 17.6. The van der Waals surface area contributed by atoms with E-state index in [2.05, 4.69) is 10.3 Å². The summed E-state index contributed by atoms with van der Waals surface area (Å²) in [5.41, 5.74) is 1.42. The molecular weight excluding hydrogens is 440 g/mol. The van der Waals surface area contributed by atoms with Crippen LogP contribution in [0.3, 0.4) is 0 Å². The van der Waals surface area contributed by atoms with E-state index in [4.69, 9.17) is 11.6 Å². The number of amides is 3. The van der Waals surface area contributed by atoms with Crippen LogP contribution in [0.15, 0.2) is 78.9 Å². The highest BCUT2D eigenvalue weighted by Gasteiger charge is 2.53. The van der Waals surface area contributed by atoms with Gasteiger partial charge in [-0.25, -0.2) is 9.78 Å². The molecule has 2 N–H and O–H groups in total. The normalized spacial score (nSPS) is 15.3. The zero-order chi connectivity index (χ0) is 23.0. The van der Waals surface area contributed by atoms with E-state index in [1.165, 1.54) is 4.90 Å². The van der Waals surface area contributed by atoms with Crippen molar-refractivity contribution in [1.82, 2.24) is 19.8 Å². The van der Waals surface area contributed by atoms with Gasteiger partial charge in [-0.05, 0) is 29.3 Å². The first-order chi connectivity index (χ1) is 16.0. The maximum absolute atomic E-state index is 13.9. The van der Waals surface area contributed by atoms with Crippen molar-refractivity contribution < 1.29 is 14.7 Å². The minimum Gasteiger partial charge on any atom is -0.395 e. The number of fused-ring (bicyclic) bond motifs is 1. The van der Waals surface area contributed by atoms with Crippen LogP contribution < -0.4 is 5.32 Å². The molecule has 1 aliphatic heterocycles. The van der Waals surface area contributed by atoms with Gasteiger partial charge in [0.1, 0.15) is 5.82 Å². The number of aliphatic hydroxyl groups excluding tert-OH is 1. The van der Waals surface area contributed by atoms with Crippen molar-refractivity contribution in [1.29, 1.82) is 0 Å². The highest BCUT2D eigenvalue weighted by Crippen LogP contribution is 2.36. The van der Waals surface area contributed by atoms with Crippen LogP contribution in [-0.2, 0) is 23.4 Å². The lowest BCUT2D eigenvalue weighted by Crippen LogP contribution is -2.45. The number of halogens is 1. The summed E-state index contributed by atoms with van der Waals surface area (Å²) >= 11 is 6.16. The molecule has 0 spiro atoms. The van der Waals surface area contributed by atoms with E-state index in [-0.39, 0.29) is 25.6 Å². The Morgan fingerprint density at radius 1 is 0.939 bits per heavy atom. The molecule has 0 bridgehead atoms. The van der Waals surface area contributed by atoms with Crippen molar-refractivity contribution in [3.8, 4) is 0 Å². The van der Waals surface area contributed by atoms with E-state index in [0.717, 1.165) is 5.52 Å². The SMILES string of the molecule is O=C1NC(c2ccccc2)(c2ccccc2)C(=O)N1Cc1nc2ccc(Cl)cc2n1CCO. The molecular formula is C25H21ClN4O3. The molecule has 7 nitrogen and oxygen atoms in total. The predicted octanol–water partition coefficient (Wildman–Crippen LogP) is 3.68. The molecule has 0 aliphatic carbocycles. The van der Waals surface area contributed by atoms with Crippen molar-refractivity contribution in [3.05, 3.63) is 101 Å². The van der Waals surface area contributed by atoms with Crippen LogP contribution in [0.1, 0.15) is 17.0 Å². The predicted molar refractivity (Wildman–Crippen MR) is 125 cm³/mol. The number of imidazole rings is 1. The average molecular weight is 461 g/mol. The third kappa shape index (κ3) is 3.46. The number of nitrogens with zero attached hydrogens (tertiary/aromatic N) is 3. The van der Waals surface area contributed by atoms with E-state index >= 15 is 0 Å². The Morgan fingerprint density at radius 3 is 2.18 bits per heavy atom. The number of urea groups is 1. The fourth-order valence-electron chi connectivity index (χ4n) is 4.41. The first-order valence-corrected chi connectivity index (χ1v) is 10.9. The Kier molecular flexibility index (Phi) is 5.36. The summed E-state index contributed by atoms with van der Waals surface area (Å²) in [7, 11) is 0. The summed E-state index contributed by atoms with van der Waals surface area (Å²) in [6.45, 7) is 0.0970. The minimum atomic E-state index is -1.34. The molecule has 1 aromatic heterocycles. The van der Waals surface area contributed by atoms with Gasteiger partial charge in [0.25, 0.3) is 5.91 Å². The minimum absolute atomic E-state index is 0.0433. The number of hydrogen-bond donors (Lipinski definition) is 2. The second kappa shape index (κ2) is 8.35. The van der Waals surface area contributed by atoms with Gasteiger partial charge >= 0.3 is 6.03 Å². The zero-order valence-corrected chi connectivity index (χ0v) is 18.4. The third-order valence-electron chi connectivity index (χ3n) is 5.93. The molecule has 0 radical (unpaired) electrons. The van der Waals surface area contributed by atoms with Crippen molar-refractivity contribution in [2.24, 2.45) is 0 Å². The molecule has 33 heavy (non-hydrogen) atoms. The monoisotopic (exact) mass is 460 g/mol. The van der Waals surface area contributed by atoms with Crippen LogP contribution >= 0.6 is 11.6 Å². The van der Waals surface area contributed by atoms with Gasteiger partial charge in [-0.3, -0.25) is 9.69 Å². The second-order valence-electron chi connectivity index (χ2n) is 7.84. The molecule has 1 aliphatic rings. The molecule has 4 aromatic rings. The van der Waals surface area contributed by atoms with Crippen LogP contribution in [0.5, 0.6) is 0 Å². The molecule has 0 saturated carbocycles. The molecule has 8 heteroatoms. The highest BCUT2D eigenvalue weighted by atomic mass is 35.5. The van der Waals surface area contributed by atoms with Gasteiger partial charge in [0.05, 0.1) is 24.2 Å². The van der Waals surface area contributed by atoms with Gasteiger partial charge in [-0.2, -0.15) is 0 Å². The number of carbonyl (C=O) groups is 2. The Hall–Kier alpha value is -3.68. The smallest absolute Gasteiger partial charge is 0.325 e. The maximum atomic E-state index is 13.9. The molecule has 0 atom stereocenters. The molecule has 166 valence electrons. The number of rotatable bonds is 6.